The van der Waals surface area contributed by atoms with Crippen LogP contribution in [0.1, 0.15) is 31.7 Å². The van der Waals surface area contributed by atoms with Gasteiger partial charge in [0.2, 0.25) is 0 Å². The van der Waals surface area contributed by atoms with E-state index in [0.717, 1.165) is 62.6 Å². The highest BCUT2D eigenvalue weighted by Crippen LogP contribution is 2.12. The summed E-state index contributed by atoms with van der Waals surface area (Å²) in [5, 5.41) is 6.62. The van der Waals surface area contributed by atoms with Crippen molar-refractivity contribution in [3.05, 3.63) is 34.3 Å². The van der Waals surface area contributed by atoms with E-state index in [0.29, 0.717) is 12.6 Å². The Morgan fingerprint density at radius 2 is 2.33 bits per heavy atom. The van der Waals surface area contributed by atoms with Gasteiger partial charge in [0.15, 0.2) is 5.96 Å². The van der Waals surface area contributed by atoms with Gasteiger partial charge in [0.05, 0.1) is 19.3 Å². The molecule has 1 atom stereocenters. The van der Waals surface area contributed by atoms with Crippen LogP contribution in [-0.4, -0.2) is 45.0 Å². The number of nitrogens with one attached hydrogen (secondary N) is 2. The Kier molecular flexibility index (Phi) is 9.16. The van der Waals surface area contributed by atoms with Gasteiger partial charge in [-0.2, -0.15) is 0 Å². The number of rotatable bonds is 9. The van der Waals surface area contributed by atoms with Crippen LogP contribution in [0.3, 0.4) is 0 Å². The topological polar surface area (TPSA) is 54.9 Å². The molecular formula is C18H28BrN3O2. The molecule has 2 rings (SSSR count). The third kappa shape index (κ3) is 7.64. The van der Waals surface area contributed by atoms with Crippen molar-refractivity contribution in [2.45, 2.75) is 38.8 Å². The van der Waals surface area contributed by atoms with Gasteiger partial charge < -0.3 is 20.1 Å². The van der Waals surface area contributed by atoms with Crippen molar-refractivity contribution in [3.63, 3.8) is 0 Å². The molecule has 1 heterocycles. The number of nitrogens with zero attached hydrogens (tertiary/aromatic N) is 1. The van der Waals surface area contributed by atoms with Crippen LogP contribution in [0.2, 0.25) is 0 Å². The minimum atomic E-state index is 0.307. The van der Waals surface area contributed by atoms with E-state index in [4.69, 9.17) is 9.47 Å². The van der Waals surface area contributed by atoms with E-state index in [1.165, 1.54) is 5.56 Å². The molecule has 0 aromatic heterocycles. The molecule has 1 unspecified atom stereocenters. The van der Waals surface area contributed by atoms with Gasteiger partial charge in [0.25, 0.3) is 0 Å². The lowest BCUT2D eigenvalue weighted by molar-refractivity contribution is 0.0168. The second kappa shape index (κ2) is 11.4. The van der Waals surface area contributed by atoms with Gasteiger partial charge in [-0.1, -0.05) is 28.1 Å². The van der Waals surface area contributed by atoms with E-state index in [1.54, 1.807) is 0 Å². The Morgan fingerprint density at radius 1 is 1.42 bits per heavy atom. The van der Waals surface area contributed by atoms with Crippen molar-refractivity contribution >= 4 is 21.9 Å². The zero-order valence-corrected chi connectivity index (χ0v) is 16.0. The lowest BCUT2D eigenvalue weighted by Crippen LogP contribution is -2.38. The third-order valence-electron chi connectivity index (χ3n) is 3.74. The first-order chi connectivity index (χ1) is 11.8. The quantitative estimate of drug-likeness (QED) is 0.381. The standard InChI is InChI=1S/C18H28BrN3O2/c1-2-20-18(22-13-15-6-3-7-16(19)12-15)21-9-5-10-23-14-17-8-4-11-24-17/h3,6-7,12,17H,2,4-5,8-11,13-14H2,1H3,(H2,20,21,22). The molecule has 1 aromatic rings. The van der Waals surface area contributed by atoms with Crippen LogP contribution in [0.4, 0.5) is 0 Å². The normalized spacial score (nSPS) is 17.9. The first-order valence-corrected chi connectivity index (χ1v) is 9.53. The number of halogens is 1. The highest BCUT2D eigenvalue weighted by atomic mass is 79.9. The van der Waals surface area contributed by atoms with Crippen LogP contribution in [0.5, 0.6) is 0 Å². The summed E-state index contributed by atoms with van der Waals surface area (Å²) in [4.78, 5) is 4.62. The zero-order chi connectivity index (χ0) is 17.0. The summed E-state index contributed by atoms with van der Waals surface area (Å²) in [7, 11) is 0. The average Bonchev–Trinajstić information content (AvgIpc) is 3.09. The Balaban J connectivity index is 1.63. The summed E-state index contributed by atoms with van der Waals surface area (Å²) in [5.41, 5.74) is 1.18. The van der Waals surface area contributed by atoms with Crippen LogP contribution in [-0.2, 0) is 16.0 Å². The highest BCUT2D eigenvalue weighted by Gasteiger charge is 2.14. The number of benzene rings is 1. The van der Waals surface area contributed by atoms with Crippen LogP contribution >= 0.6 is 15.9 Å². The van der Waals surface area contributed by atoms with Gasteiger partial charge in [-0.15, -0.1) is 0 Å². The first-order valence-electron chi connectivity index (χ1n) is 8.74. The van der Waals surface area contributed by atoms with E-state index in [9.17, 15) is 0 Å². The molecule has 0 amide bonds. The molecule has 0 spiro atoms. The smallest absolute Gasteiger partial charge is 0.191 e. The summed E-state index contributed by atoms with van der Waals surface area (Å²) in [6.07, 6.45) is 3.55. The second-order valence-electron chi connectivity index (χ2n) is 5.82. The van der Waals surface area contributed by atoms with E-state index in [2.05, 4.69) is 50.6 Å². The fourth-order valence-corrected chi connectivity index (χ4v) is 2.97. The fraction of sp³-hybridized carbons (Fsp3) is 0.611. The summed E-state index contributed by atoms with van der Waals surface area (Å²) in [6.45, 7) is 6.77. The molecule has 6 heteroatoms. The van der Waals surface area contributed by atoms with Gasteiger partial charge >= 0.3 is 0 Å². The zero-order valence-electron chi connectivity index (χ0n) is 14.4. The van der Waals surface area contributed by atoms with Gasteiger partial charge in [0.1, 0.15) is 0 Å². The van der Waals surface area contributed by atoms with Gasteiger partial charge in [-0.3, -0.25) is 0 Å². The van der Waals surface area contributed by atoms with Crippen LogP contribution < -0.4 is 10.6 Å². The molecule has 0 bridgehead atoms. The van der Waals surface area contributed by atoms with Crippen molar-refractivity contribution in [3.8, 4) is 0 Å². The Labute approximate surface area is 153 Å². The van der Waals surface area contributed by atoms with Gasteiger partial charge in [-0.25, -0.2) is 4.99 Å². The van der Waals surface area contributed by atoms with Crippen molar-refractivity contribution in [1.82, 2.24) is 10.6 Å². The van der Waals surface area contributed by atoms with Crippen LogP contribution in [0, 0.1) is 0 Å². The SMILES string of the molecule is CCNC(=NCc1cccc(Br)c1)NCCCOCC1CCCO1. The number of hydrogen-bond acceptors (Lipinski definition) is 3. The Hall–Kier alpha value is -1.11. The highest BCUT2D eigenvalue weighted by molar-refractivity contribution is 9.10. The molecule has 1 saturated heterocycles. The molecule has 1 aliphatic heterocycles. The third-order valence-corrected chi connectivity index (χ3v) is 4.23. The van der Waals surface area contributed by atoms with Crippen LogP contribution in [0.15, 0.2) is 33.7 Å². The number of hydrogen-bond donors (Lipinski definition) is 2. The molecule has 1 fully saturated rings. The number of aliphatic imine (C=N–C) groups is 1. The first kappa shape index (κ1) is 19.2. The molecule has 1 aromatic carbocycles. The lowest BCUT2D eigenvalue weighted by atomic mass is 10.2. The number of ether oxygens (including phenoxy) is 2. The molecule has 134 valence electrons. The monoisotopic (exact) mass is 397 g/mol. The minimum Gasteiger partial charge on any atom is -0.379 e. The molecule has 0 saturated carbocycles. The minimum absolute atomic E-state index is 0.307. The maximum atomic E-state index is 5.67. The summed E-state index contributed by atoms with van der Waals surface area (Å²) in [5.74, 6) is 0.844. The molecule has 24 heavy (non-hydrogen) atoms. The average molecular weight is 398 g/mol. The predicted octanol–water partition coefficient (Wildman–Crippen LogP) is 3.09. The fourth-order valence-electron chi connectivity index (χ4n) is 2.52. The summed E-state index contributed by atoms with van der Waals surface area (Å²) < 4.78 is 12.3. The Bertz CT molecular complexity index is 505. The maximum Gasteiger partial charge on any atom is 0.191 e. The van der Waals surface area contributed by atoms with Crippen molar-refractivity contribution in [2.24, 2.45) is 4.99 Å². The largest absolute Gasteiger partial charge is 0.379 e. The molecule has 0 radical (unpaired) electrons. The molecule has 5 nitrogen and oxygen atoms in total. The molecule has 0 aliphatic carbocycles. The van der Waals surface area contributed by atoms with E-state index < -0.39 is 0 Å². The Morgan fingerprint density at radius 3 is 3.08 bits per heavy atom. The van der Waals surface area contributed by atoms with Crippen molar-refractivity contribution in [2.75, 3.05) is 32.9 Å². The second-order valence-corrected chi connectivity index (χ2v) is 6.73. The predicted molar refractivity (Wildman–Crippen MR) is 101 cm³/mol. The van der Waals surface area contributed by atoms with Gasteiger partial charge in [0, 0.05) is 30.8 Å². The lowest BCUT2D eigenvalue weighted by Gasteiger charge is -2.12. The van der Waals surface area contributed by atoms with E-state index in [1.807, 2.05) is 12.1 Å². The summed E-state index contributed by atoms with van der Waals surface area (Å²) >= 11 is 3.49. The summed E-state index contributed by atoms with van der Waals surface area (Å²) in [6, 6.07) is 8.22. The molecular weight excluding hydrogens is 370 g/mol. The number of guanidine groups is 1. The van der Waals surface area contributed by atoms with E-state index in [-0.39, 0.29) is 0 Å². The van der Waals surface area contributed by atoms with Crippen molar-refractivity contribution < 1.29 is 9.47 Å². The molecule has 2 N–H and O–H groups in total. The van der Waals surface area contributed by atoms with Crippen LogP contribution in [0.25, 0.3) is 0 Å². The maximum absolute atomic E-state index is 5.67. The van der Waals surface area contributed by atoms with Crippen molar-refractivity contribution in [1.29, 1.82) is 0 Å². The molecule has 1 aliphatic rings. The van der Waals surface area contributed by atoms with E-state index >= 15 is 0 Å². The van der Waals surface area contributed by atoms with Gasteiger partial charge in [-0.05, 0) is 43.9 Å².